The highest BCUT2D eigenvalue weighted by atomic mass is 16.5. The number of nitrogens with one attached hydrogen (secondary N) is 1. The minimum atomic E-state index is 0.270. The largest absolute Gasteiger partial charge is 0.396 e. The molecule has 3 rings (SSSR count). The first-order valence-corrected chi connectivity index (χ1v) is 9.13. The van der Waals surface area contributed by atoms with E-state index in [-0.39, 0.29) is 5.92 Å². The molecule has 2 aromatic rings. The number of hydrogen-bond acceptors (Lipinski definition) is 6. The summed E-state index contributed by atoms with van der Waals surface area (Å²) in [7, 11) is 0. The zero-order valence-electron chi connectivity index (χ0n) is 15.1. The van der Waals surface area contributed by atoms with Crippen LogP contribution >= 0.6 is 0 Å². The van der Waals surface area contributed by atoms with Gasteiger partial charge >= 0.3 is 0 Å². The first kappa shape index (κ1) is 17.9. The van der Waals surface area contributed by atoms with E-state index >= 15 is 0 Å². The van der Waals surface area contributed by atoms with Gasteiger partial charge < -0.3 is 14.9 Å². The Morgan fingerprint density at radius 3 is 2.72 bits per heavy atom. The van der Waals surface area contributed by atoms with Crippen LogP contribution in [0.3, 0.4) is 0 Å². The molecular weight excluding hydrogens is 316 g/mol. The van der Waals surface area contributed by atoms with Gasteiger partial charge in [-0.05, 0) is 43.5 Å². The number of aliphatic hydroxyl groups is 1. The highest BCUT2D eigenvalue weighted by Crippen LogP contribution is 2.22. The third-order valence-electron chi connectivity index (χ3n) is 4.81. The van der Waals surface area contributed by atoms with Crippen LogP contribution in [0.5, 0.6) is 0 Å². The van der Waals surface area contributed by atoms with Crippen LogP contribution in [0.15, 0.2) is 28.8 Å². The fraction of sp³-hybridized carbons (Fsp3) is 0.579. The molecule has 2 N–H and O–H groups in total. The lowest BCUT2D eigenvalue weighted by atomic mass is 9.97. The van der Waals surface area contributed by atoms with Crippen molar-refractivity contribution in [2.75, 3.05) is 25.0 Å². The van der Waals surface area contributed by atoms with Crippen molar-refractivity contribution < 1.29 is 9.63 Å². The van der Waals surface area contributed by atoms with Crippen LogP contribution in [0.2, 0.25) is 0 Å². The molecule has 136 valence electrons. The average Bonchev–Trinajstić information content (AvgIpc) is 3.11. The van der Waals surface area contributed by atoms with E-state index in [0.29, 0.717) is 25.0 Å². The van der Waals surface area contributed by atoms with Gasteiger partial charge in [-0.3, -0.25) is 4.90 Å². The molecule has 0 unspecified atom stereocenters. The summed E-state index contributed by atoms with van der Waals surface area (Å²) in [5.41, 5.74) is 2.38. The third kappa shape index (κ3) is 4.80. The Hall–Kier alpha value is -1.92. The Morgan fingerprint density at radius 1 is 1.28 bits per heavy atom. The molecule has 0 saturated carbocycles. The molecule has 0 spiro atoms. The molecule has 1 aliphatic heterocycles. The lowest BCUT2D eigenvalue weighted by molar-refractivity contribution is 0.127. The van der Waals surface area contributed by atoms with Gasteiger partial charge in [0.25, 0.3) is 0 Å². The standard InChI is InChI=1S/C19H28N4O2/c1-14(2)19-21-18(25-22-19)11-20-17-6-4-3-5-16(17)12-23-9-7-15(13-24)8-10-23/h3-6,14-15,20,24H,7-13H2,1-2H3. The van der Waals surface area contributed by atoms with Gasteiger partial charge in [-0.2, -0.15) is 4.98 Å². The highest BCUT2D eigenvalue weighted by Gasteiger charge is 2.19. The third-order valence-corrected chi connectivity index (χ3v) is 4.81. The molecule has 0 amide bonds. The van der Waals surface area contributed by atoms with Crippen LogP contribution in [-0.2, 0) is 13.1 Å². The molecule has 2 heterocycles. The minimum Gasteiger partial charge on any atom is -0.396 e. The van der Waals surface area contributed by atoms with E-state index in [1.165, 1.54) is 5.56 Å². The van der Waals surface area contributed by atoms with Crippen molar-refractivity contribution in [1.29, 1.82) is 0 Å². The first-order chi connectivity index (χ1) is 12.2. The van der Waals surface area contributed by atoms with E-state index in [2.05, 4.69) is 52.4 Å². The Kier molecular flexibility index (Phi) is 6.04. The van der Waals surface area contributed by atoms with Crippen LogP contribution in [0.25, 0.3) is 0 Å². The summed E-state index contributed by atoms with van der Waals surface area (Å²) in [5.74, 6) is 2.10. The van der Waals surface area contributed by atoms with Gasteiger partial charge in [0, 0.05) is 24.8 Å². The van der Waals surface area contributed by atoms with E-state index in [1.807, 2.05) is 6.07 Å². The number of piperidine rings is 1. The van der Waals surface area contributed by atoms with Crippen LogP contribution in [-0.4, -0.2) is 39.8 Å². The average molecular weight is 344 g/mol. The molecule has 25 heavy (non-hydrogen) atoms. The maximum atomic E-state index is 9.28. The van der Waals surface area contributed by atoms with E-state index in [0.717, 1.165) is 44.0 Å². The van der Waals surface area contributed by atoms with Crippen molar-refractivity contribution in [3.8, 4) is 0 Å². The molecule has 1 aromatic heterocycles. The topological polar surface area (TPSA) is 74.4 Å². The molecule has 0 bridgehead atoms. The van der Waals surface area contributed by atoms with Gasteiger partial charge in [-0.1, -0.05) is 37.2 Å². The number of para-hydroxylation sites is 1. The summed E-state index contributed by atoms with van der Waals surface area (Å²) in [6.45, 7) is 7.96. The van der Waals surface area contributed by atoms with Crippen molar-refractivity contribution in [3.05, 3.63) is 41.5 Å². The summed E-state index contributed by atoms with van der Waals surface area (Å²) in [5, 5.41) is 16.7. The predicted molar refractivity (Wildman–Crippen MR) is 97.2 cm³/mol. The summed E-state index contributed by atoms with van der Waals surface area (Å²) in [4.78, 5) is 6.87. The summed E-state index contributed by atoms with van der Waals surface area (Å²) in [6, 6.07) is 8.37. The number of nitrogens with zero attached hydrogens (tertiary/aromatic N) is 3. The molecule has 0 atom stereocenters. The van der Waals surface area contributed by atoms with Crippen molar-refractivity contribution in [2.24, 2.45) is 5.92 Å². The fourth-order valence-corrected chi connectivity index (χ4v) is 3.14. The van der Waals surface area contributed by atoms with Gasteiger partial charge in [0.2, 0.25) is 5.89 Å². The van der Waals surface area contributed by atoms with Gasteiger partial charge in [0.15, 0.2) is 5.82 Å². The van der Waals surface area contributed by atoms with E-state index in [4.69, 9.17) is 4.52 Å². The van der Waals surface area contributed by atoms with E-state index in [1.54, 1.807) is 0 Å². The zero-order valence-corrected chi connectivity index (χ0v) is 15.1. The second kappa shape index (κ2) is 8.45. The summed E-state index contributed by atoms with van der Waals surface area (Å²) < 4.78 is 5.30. The second-order valence-electron chi connectivity index (χ2n) is 7.11. The normalized spacial score (nSPS) is 16.5. The van der Waals surface area contributed by atoms with Crippen LogP contribution in [0.1, 0.15) is 49.9 Å². The maximum Gasteiger partial charge on any atom is 0.245 e. The monoisotopic (exact) mass is 344 g/mol. The fourth-order valence-electron chi connectivity index (χ4n) is 3.14. The molecule has 6 heteroatoms. The molecule has 1 saturated heterocycles. The van der Waals surface area contributed by atoms with Crippen molar-refractivity contribution in [1.82, 2.24) is 15.0 Å². The number of rotatable bonds is 7. The van der Waals surface area contributed by atoms with Crippen LogP contribution < -0.4 is 5.32 Å². The number of aromatic nitrogens is 2. The van der Waals surface area contributed by atoms with Gasteiger partial charge in [-0.15, -0.1) is 0 Å². The predicted octanol–water partition coefficient (Wildman–Crippen LogP) is 3.01. The van der Waals surface area contributed by atoms with Crippen molar-refractivity contribution >= 4 is 5.69 Å². The summed E-state index contributed by atoms with van der Waals surface area (Å²) in [6.07, 6.45) is 2.15. The quantitative estimate of drug-likeness (QED) is 0.804. The van der Waals surface area contributed by atoms with Crippen LogP contribution in [0.4, 0.5) is 5.69 Å². The van der Waals surface area contributed by atoms with Gasteiger partial charge in [-0.25, -0.2) is 0 Å². The number of aliphatic hydroxyl groups excluding tert-OH is 1. The van der Waals surface area contributed by atoms with Crippen LogP contribution in [0, 0.1) is 5.92 Å². The van der Waals surface area contributed by atoms with Crippen molar-refractivity contribution in [3.63, 3.8) is 0 Å². The van der Waals surface area contributed by atoms with E-state index in [9.17, 15) is 5.11 Å². The van der Waals surface area contributed by atoms with E-state index < -0.39 is 0 Å². The zero-order chi connectivity index (χ0) is 17.6. The van der Waals surface area contributed by atoms with Gasteiger partial charge in [0.05, 0.1) is 6.54 Å². The lowest BCUT2D eigenvalue weighted by Crippen LogP contribution is -2.34. The molecular formula is C19H28N4O2. The Morgan fingerprint density at radius 2 is 2.04 bits per heavy atom. The SMILES string of the molecule is CC(C)c1noc(CNc2ccccc2CN2CCC(CO)CC2)n1. The smallest absolute Gasteiger partial charge is 0.245 e. The molecule has 0 aliphatic carbocycles. The lowest BCUT2D eigenvalue weighted by Gasteiger charge is -2.31. The van der Waals surface area contributed by atoms with Gasteiger partial charge in [0.1, 0.15) is 0 Å². The van der Waals surface area contributed by atoms with Crippen molar-refractivity contribution in [2.45, 2.75) is 45.7 Å². The molecule has 1 fully saturated rings. The molecule has 1 aromatic carbocycles. The minimum absolute atomic E-state index is 0.270. The number of hydrogen-bond donors (Lipinski definition) is 2. The molecule has 6 nitrogen and oxygen atoms in total. The second-order valence-corrected chi connectivity index (χ2v) is 7.11. The Labute approximate surface area is 149 Å². The highest BCUT2D eigenvalue weighted by molar-refractivity contribution is 5.51. The summed E-state index contributed by atoms with van der Waals surface area (Å²) >= 11 is 0. The maximum absolute atomic E-state index is 9.28. The molecule has 0 radical (unpaired) electrons. The number of likely N-dealkylation sites (tertiary alicyclic amines) is 1. The Balaban J connectivity index is 1.59. The number of benzene rings is 1. The molecule has 1 aliphatic rings. The first-order valence-electron chi connectivity index (χ1n) is 9.13. The number of anilines is 1. The Bertz CT molecular complexity index is 663.